The molecule has 1 saturated heterocycles. The second kappa shape index (κ2) is 15.9. The van der Waals surface area contributed by atoms with Crippen molar-refractivity contribution in [3.05, 3.63) is 102 Å². The van der Waals surface area contributed by atoms with Crippen molar-refractivity contribution in [3.8, 4) is 0 Å². The SMILES string of the molecule is C[C@@H](C(=O)OC[C@H]1O[C@@H](Sc2ccccc2)[C@H](OC(=O)c2ccccc2)[C@@H](OC(=O)c2ccccc2)[C@H]1O)N(C)C(=O)OC(C)(C)C. The Morgan fingerprint density at radius 2 is 1.32 bits per heavy atom. The number of carbonyl (C=O) groups is 4. The fourth-order valence-electron chi connectivity index (χ4n) is 4.48. The molecule has 0 bridgehead atoms. The molecule has 6 atom stereocenters. The van der Waals surface area contributed by atoms with Gasteiger partial charge in [0.25, 0.3) is 0 Å². The fraction of sp³-hybridized carbons (Fsp3) is 0.371. The summed E-state index contributed by atoms with van der Waals surface area (Å²) in [6, 6.07) is 24.5. The number of amides is 1. The predicted octanol–water partition coefficient (Wildman–Crippen LogP) is 5.11. The molecule has 11 nitrogen and oxygen atoms in total. The van der Waals surface area contributed by atoms with Gasteiger partial charge in [-0.05, 0) is 64.1 Å². The van der Waals surface area contributed by atoms with E-state index in [4.69, 9.17) is 23.7 Å². The van der Waals surface area contributed by atoms with Crippen LogP contribution in [0.25, 0.3) is 0 Å². The molecule has 0 radical (unpaired) electrons. The molecule has 0 aliphatic carbocycles. The maximum Gasteiger partial charge on any atom is 0.410 e. The molecule has 0 spiro atoms. The number of likely N-dealkylation sites (N-methyl/N-ethyl adjacent to an activating group) is 1. The van der Waals surface area contributed by atoms with Gasteiger partial charge in [0.1, 0.15) is 35.9 Å². The van der Waals surface area contributed by atoms with Gasteiger partial charge in [0.15, 0.2) is 12.2 Å². The molecule has 12 heteroatoms. The minimum atomic E-state index is -1.59. The summed E-state index contributed by atoms with van der Waals surface area (Å²) in [6.07, 6.45) is -6.21. The van der Waals surface area contributed by atoms with Crippen molar-refractivity contribution in [3.63, 3.8) is 0 Å². The summed E-state index contributed by atoms with van der Waals surface area (Å²) in [7, 11) is 1.41. The Bertz CT molecular complexity index is 1500. The number of thioether (sulfide) groups is 1. The van der Waals surface area contributed by atoms with Gasteiger partial charge in [0.2, 0.25) is 0 Å². The highest BCUT2D eigenvalue weighted by atomic mass is 32.2. The van der Waals surface area contributed by atoms with Crippen molar-refractivity contribution in [2.45, 2.75) is 74.1 Å². The Hall–Kier alpha value is -4.39. The van der Waals surface area contributed by atoms with Crippen LogP contribution in [-0.2, 0) is 28.5 Å². The Kier molecular flexibility index (Phi) is 12.0. The Morgan fingerprint density at radius 1 is 0.830 bits per heavy atom. The number of benzene rings is 3. The molecule has 1 heterocycles. The van der Waals surface area contributed by atoms with Crippen molar-refractivity contribution in [1.29, 1.82) is 0 Å². The molecule has 0 aromatic heterocycles. The smallest absolute Gasteiger partial charge is 0.410 e. The standard InChI is InChI=1S/C35H39NO10S/c1-22(36(5)34(41)46-35(2,3)4)30(38)42-21-26-27(37)28(44-31(39)23-15-9-6-10-16-23)29(45-32(40)24-17-11-7-12-18-24)33(43-26)47-25-19-13-8-14-20-25/h6-20,22,26-29,33,37H,21H2,1-5H3/t22-,26+,27-,28-,29+,33-/m0/s1. The molecule has 1 aliphatic heterocycles. The first-order valence-corrected chi connectivity index (χ1v) is 15.9. The third-order valence-electron chi connectivity index (χ3n) is 7.11. The minimum Gasteiger partial charge on any atom is -0.461 e. The summed E-state index contributed by atoms with van der Waals surface area (Å²) in [5.74, 6) is -2.25. The summed E-state index contributed by atoms with van der Waals surface area (Å²) in [5, 5.41) is 11.6. The predicted molar refractivity (Wildman–Crippen MR) is 173 cm³/mol. The van der Waals surface area contributed by atoms with Crippen LogP contribution in [0.4, 0.5) is 4.79 Å². The van der Waals surface area contributed by atoms with E-state index in [1.807, 2.05) is 30.3 Å². The number of aliphatic hydroxyl groups excluding tert-OH is 1. The summed E-state index contributed by atoms with van der Waals surface area (Å²) < 4.78 is 28.8. The minimum absolute atomic E-state index is 0.216. The summed E-state index contributed by atoms with van der Waals surface area (Å²) >= 11 is 1.19. The average Bonchev–Trinajstić information content (AvgIpc) is 3.06. The zero-order chi connectivity index (χ0) is 34.1. The Morgan fingerprint density at radius 3 is 1.83 bits per heavy atom. The van der Waals surface area contributed by atoms with E-state index in [9.17, 15) is 24.3 Å². The molecule has 47 heavy (non-hydrogen) atoms. The zero-order valence-electron chi connectivity index (χ0n) is 26.8. The number of hydrogen-bond donors (Lipinski definition) is 1. The number of esters is 3. The molecule has 4 rings (SSSR count). The van der Waals surface area contributed by atoms with Gasteiger partial charge in [-0.2, -0.15) is 0 Å². The second-order valence-electron chi connectivity index (χ2n) is 11.8. The summed E-state index contributed by atoms with van der Waals surface area (Å²) in [6.45, 7) is 6.13. The molecule has 1 aliphatic rings. The van der Waals surface area contributed by atoms with E-state index in [0.29, 0.717) is 0 Å². The fourth-order valence-corrected chi connectivity index (χ4v) is 5.61. The van der Waals surface area contributed by atoms with E-state index >= 15 is 0 Å². The van der Waals surface area contributed by atoms with E-state index in [1.54, 1.807) is 81.4 Å². The number of ether oxygens (including phenoxy) is 5. The number of hydrogen-bond acceptors (Lipinski definition) is 11. The number of aliphatic hydroxyl groups is 1. The lowest BCUT2D eigenvalue weighted by molar-refractivity contribution is -0.211. The van der Waals surface area contributed by atoms with Gasteiger partial charge in [-0.3, -0.25) is 4.90 Å². The lowest BCUT2D eigenvalue weighted by Crippen LogP contribution is -2.60. The van der Waals surface area contributed by atoms with Crippen LogP contribution in [0.5, 0.6) is 0 Å². The molecule has 0 saturated carbocycles. The lowest BCUT2D eigenvalue weighted by Gasteiger charge is -2.43. The van der Waals surface area contributed by atoms with Crippen molar-refractivity contribution >= 4 is 35.8 Å². The quantitative estimate of drug-likeness (QED) is 0.228. The van der Waals surface area contributed by atoms with Gasteiger partial charge in [0, 0.05) is 11.9 Å². The number of carbonyl (C=O) groups excluding carboxylic acids is 4. The second-order valence-corrected chi connectivity index (χ2v) is 13.0. The van der Waals surface area contributed by atoms with Gasteiger partial charge in [-0.25, -0.2) is 19.2 Å². The van der Waals surface area contributed by atoms with Crippen molar-refractivity contribution in [2.24, 2.45) is 0 Å². The summed E-state index contributed by atoms with van der Waals surface area (Å²) in [5.41, 5.74) is -1.31. The lowest BCUT2D eigenvalue weighted by atomic mass is 9.99. The van der Waals surface area contributed by atoms with Crippen LogP contribution < -0.4 is 0 Å². The molecule has 3 aromatic rings. The molecule has 1 amide bonds. The first kappa shape index (κ1) is 35.5. The van der Waals surface area contributed by atoms with Crippen LogP contribution in [0.1, 0.15) is 48.4 Å². The van der Waals surface area contributed by atoms with Crippen LogP contribution >= 0.6 is 11.8 Å². The van der Waals surface area contributed by atoms with Gasteiger partial charge in [0.05, 0.1) is 11.1 Å². The van der Waals surface area contributed by atoms with E-state index in [0.717, 1.165) is 9.80 Å². The highest BCUT2D eigenvalue weighted by Crippen LogP contribution is 2.37. The third-order valence-corrected chi connectivity index (χ3v) is 8.27. The van der Waals surface area contributed by atoms with E-state index in [-0.39, 0.29) is 11.1 Å². The third kappa shape index (κ3) is 9.80. The maximum absolute atomic E-state index is 13.3. The van der Waals surface area contributed by atoms with Crippen LogP contribution in [0.3, 0.4) is 0 Å². The maximum atomic E-state index is 13.3. The van der Waals surface area contributed by atoms with Crippen LogP contribution in [0, 0.1) is 0 Å². The molecule has 1 N–H and O–H groups in total. The van der Waals surface area contributed by atoms with Crippen LogP contribution in [-0.4, -0.2) is 89.2 Å². The molecular formula is C35H39NO10S. The monoisotopic (exact) mass is 665 g/mol. The van der Waals surface area contributed by atoms with Crippen LogP contribution in [0.2, 0.25) is 0 Å². The normalized spacial score (nSPS) is 21.5. The Labute approximate surface area is 278 Å². The van der Waals surface area contributed by atoms with Crippen LogP contribution in [0.15, 0.2) is 95.9 Å². The number of rotatable bonds is 10. The Balaban J connectivity index is 1.60. The number of nitrogens with zero attached hydrogens (tertiary/aromatic N) is 1. The van der Waals surface area contributed by atoms with E-state index < -0.39 is 72.1 Å². The molecular weight excluding hydrogens is 626 g/mol. The van der Waals surface area contributed by atoms with Gasteiger partial charge >= 0.3 is 24.0 Å². The van der Waals surface area contributed by atoms with E-state index in [1.165, 1.54) is 25.7 Å². The molecule has 250 valence electrons. The van der Waals surface area contributed by atoms with Gasteiger partial charge in [-0.15, -0.1) is 0 Å². The summed E-state index contributed by atoms with van der Waals surface area (Å²) in [4.78, 5) is 53.9. The zero-order valence-corrected chi connectivity index (χ0v) is 27.6. The van der Waals surface area contributed by atoms with Gasteiger partial charge in [-0.1, -0.05) is 66.4 Å². The topological polar surface area (TPSA) is 138 Å². The van der Waals surface area contributed by atoms with E-state index in [2.05, 4.69) is 0 Å². The van der Waals surface area contributed by atoms with Crippen molar-refractivity contribution < 1.29 is 48.0 Å². The van der Waals surface area contributed by atoms with Gasteiger partial charge < -0.3 is 28.8 Å². The molecule has 0 unspecified atom stereocenters. The first-order valence-electron chi connectivity index (χ1n) is 15.0. The highest BCUT2D eigenvalue weighted by Gasteiger charge is 2.51. The van der Waals surface area contributed by atoms with Crippen molar-refractivity contribution in [2.75, 3.05) is 13.7 Å². The largest absolute Gasteiger partial charge is 0.461 e. The average molecular weight is 666 g/mol. The first-order chi connectivity index (χ1) is 22.3. The molecule has 3 aromatic carbocycles. The highest BCUT2D eigenvalue weighted by molar-refractivity contribution is 7.99. The molecule has 1 fully saturated rings. The van der Waals surface area contributed by atoms with Crippen molar-refractivity contribution in [1.82, 2.24) is 4.90 Å².